The highest BCUT2D eigenvalue weighted by molar-refractivity contribution is 5.29. The minimum absolute atomic E-state index is 0.113. The Hall–Kier alpha value is -1.71. The first kappa shape index (κ1) is 15.7. The summed E-state index contributed by atoms with van der Waals surface area (Å²) in [6.45, 7) is 4.38. The van der Waals surface area contributed by atoms with E-state index in [2.05, 4.69) is 31.4 Å². The smallest absolute Gasteiger partial charge is 0.123 e. The summed E-state index contributed by atoms with van der Waals surface area (Å²) in [4.78, 5) is 0. The van der Waals surface area contributed by atoms with Crippen molar-refractivity contribution in [2.24, 2.45) is 11.8 Å². The Balaban J connectivity index is 2.43. The summed E-state index contributed by atoms with van der Waals surface area (Å²) in [5.74, 6) is 6.21. The summed E-state index contributed by atoms with van der Waals surface area (Å²) in [5.41, 5.74) is 5.00. The van der Waals surface area contributed by atoms with Crippen LogP contribution in [-0.4, -0.2) is 0 Å². The van der Waals surface area contributed by atoms with E-state index in [1.807, 2.05) is 24.3 Å². The SMILES string of the molecule is CCC(C)C(c1ccccc1)C(NN)c1cccc(F)c1. The molecule has 0 saturated heterocycles. The lowest BCUT2D eigenvalue weighted by atomic mass is 9.78. The molecule has 0 fully saturated rings. The number of hydrazine groups is 1. The summed E-state index contributed by atoms with van der Waals surface area (Å²) >= 11 is 0. The molecule has 2 rings (SSSR count). The topological polar surface area (TPSA) is 38.0 Å². The first-order valence-corrected chi connectivity index (χ1v) is 7.44. The lowest BCUT2D eigenvalue weighted by Gasteiger charge is -2.32. The Morgan fingerprint density at radius 1 is 1.05 bits per heavy atom. The zero-order valence-corrected chi connectivity index (χ0v) is 12.6. The molecule has 0 aliphatic carbocycles. The average molecular weight is 286 g/mol. The fourth-order valence-electron chi connectivity index (χ4n) is 2.89. The van der Waals surface area contributed by atoms with Crippen molar-refractivity contribution in [3.63, 3.8) is 0 Å². The highest BCUT2D eigenvalue weighted by Gasteiger charge is 2.28. The van der Waals surface area contributed by atoms with Gasteiger partial charge in [-0.2, -0.15) is 0 Å². The van der Waals surface area contributed by atoms with Crippen LogP contribution in [0.15, 0.2) is 54.6 Å². The van der Waals surface area contributed by atoms with Crippen molar-refractivity contribution in [3.05, 3.63) is 71.5 Å². The fourth-order valence-corrected chi connectivity index (χ4v) is 2.89. The van der Waals surface area contributed by atoms with Gasteiger partial charge in [-0.05, 0) is 29.2 Å². The standard InChI is InChI=1S/C18H23FN2/c1-3-13(2)17(14-8-5-4-6-9-14)18(21-20)15-10-7-11-16(19)12-15/h4-13,17-18,21H,3,20H2,1-2H3. The first-order valence-electron chi connectivity index (χ1n) is 7.44. The van der Waals surface area contributed by atoms with Crippen LogP contribution >= 0.6 is 0 Å². The van der Waals surface area contributed by atoms with Crippen LogP contribution in [0.2, 0.25) is 0 Å². The van der Waals surface area contributed by atoms with E-state index in [-0.39, 0.29) is 17.8 Å². The summed E-state index contributed by atoms with van der Waals surface area (Å²) in [6.07, 6.45) is 1.03. The maximum Gasteiger partial charge on any atom is 0.123 e. The molecule has 21 heavy (non-hydrogen) atoms. The van der Waals surface area contributed by atoms with E-state index in [1.165, 1.54) is 11.6 Å². The van der Waals surface area contributed by atoms with E-state index in [4.69, 9.17) is 5.84 Å². The lowest BCUT2D eigenvalue weighted by Crippen LogP contribution is -2.35. The van der Waals surface area contributed by atoms with Crippen LogP contribution in [0.5, 0.6) is 0 Å². The second-order valence-corrected chi connectivity index (χ2v) is 5.52. The van der Waals surface area contributed by atoms with Crippen LogP contribution in [0.25, 0.3) is 0 Å². The summed E-state index contributed by atoms with van der Waals surface area (Å²) < 4.78 is 13.5. The molecule has 0 radical (unpaired) electrons. The van der Waals surface area contributed by atoms with E-state index < -0.39 is 0 Å². The molecular formula is C18H23FN2. The first-order chi connectivity index (χ1) is 10.2. The van der Waals surface area contributed by atoms with Crippen LogP contribution < -0.4 is 11.3 Å². The Bertz CT molecular complexity index is 556. The highest BCUT2D eigenvalue weighted by Crippen LogP contribution is 2.38. The minimum atomic E-state index is -0.233. The van der Waals surface area contributed by atoms with Gasteiger partial charge in [0.1, 0.15) is 5.82 Å². The lowest BCUT2D eigenvalue weighted by molar-refractivity contribution is 0.342. The van der Waals surface area contributed by atoms with Crippen LogP contribution in [0, 0.1) is 11.7 Å². The van der Waals surface area contributed by atoms with Gasteiger partial charge in [-0.25, -0.2) is 4.39 Å². The summed E-state index contributed by atoms with van der Waals surface area (Å²) in [7, 11) is 0. The molecule has 0 aliphatic heterocycles. The Morgan fingerprint density at radius 2 is 1.71 bits per heavy atom. The van der Waals surface area contributed by atoms with E-state index in [0.717, 1.165) is 12.0 Å². The van der Waals surface area contributed by atoms with Crippen molar-refractivity contribution in [2.45, 2.75) is 32.2 Å². The van der Waals surface area contributed by atoms with E-state index in [0.29, 0.717) is 5.92 Å². The molecule has 0 saturated carbocycles. The maximum absolute atomic E-state index is 13.5. The van der Waals surface area contributed by atoms with Crippen molar-refractivity contribution in [3.8, 4) is 0 Å². The molecule has 112 valence electrons. The fraction of sp³-hybridized carbons (Fsp3) is 0.333. The van der Waals surface area contributed by atoms with E-state index in [1.54, 1.807) is 12.1 Å². The average Bonchev–Trinajstić information content (AvgIpc) is 2.52. The molecular weight excluding hydrogens is 263 g/mol. The molecule has 0 spiro atoms. The molecule has 3 heteroatoms. The normalized spacial score (nSPS) is 15.4. The van der Waals surface area contributed by atoms with Crippen molar-refractivity contribution in [1.82, 2.24) is 5.43 Å². The second kappa shape index (κ2) is 7.34. The molecule has 2 nitrogen and oxygen atoms in total. The number of hydrogen-bond donors (Lipinski definition) is 2. The predicted octanol–water partition coefficient (Wildman–Crippen LogP) is 4.16. The largest absolute Gasteiger partial charge is 0.271 e. The molecule has 3 unspecified atom stereocenters. The van der Waals surface area contributed by atoms with Gasteiger partial charge < -0.3 is 0 Å². The summed E-state index contributed by atoms with van der Waals surface area (Å²) in [6, 6.07) is 16.8. The van der Waals surface area contributed by atoms with Crippen molar-refractivity contribution in [2.75, 3.05) is 0 Å². The Kier molecular flexibility index (Phi) is 5.48. The molecule has 2 aromatic rings. The minimum Gasteiger partial charge on any atom is -0.271 e. The summed E-state index contributed by atoms with van der Waals surface area (Å²) in [5, 5.41) is 0. The molecule has 3 N–H and O–H groups in total. The van der Waals surface area contributed by atoms with Crippen molar-refractivity contribution >= 4 is 0 Å². The molecule has 3 atom stereocenters. The number of nitrogens with one attached hydrogen (secondary N) is 1. The number of halogens is 1. The second-order valence-electron chi connectivity index (χ2n) is 5.52. The molecule has 0 amide bonds. The van der Waals surface area contributed by atoms with Gasteiger partial charge in [0, 0.05) is 5.92 Å². The van der Waals surface area contributed by atoms with Crippen molar-refractivity contribution < 1.29 is 4.39 Å². The molecule has 0 aromatic heterocycles. The van der Waals surface area contributed by atoms with Gasteiger partial charge in [0.2, 0.25) is 0 Å². The van der Waals surface area contributed by atoms with Crippen molar-refractivity contribution in [1.29, 1.82) is 0 Å². The Labute approximate surface area is 126 Å². The van der Waals surface area contributed by atoms with Gasteiger partial charge in [-0.1, -0.05) is 62.7 Å². The molecule has 2 aromatic carbocycles. The quantitative estimate of drug-likeness (QED) is 0.618. The molecule has 0 aliphatic rings. The third-order valence-corrected chi connectivity index (χ3v) is 4.19. The van der Waals surface area contributed by atoms with Crippen LogP contribution in [0.1, 0.15) is 43.4 Å². The monoisotopic (exact) mass is 286 g/mol. The number of hydrogen-bond acceptors (Lipinski definition) is 2. The third-order valence-electron chi connectivity index (χ3n) is 4.19. The maximum atomic E-state index is 13.5. The zero-order chi connectivity index (χ0) is 15.2. The van der Waals surface area contributed by atoms with Gasteiger partial charge in [0.05, 0.1) is 6.04 Å². The third kappa shape index (κ3) is 3.69. The highest BCUT2D eigenvalue weighted by atomic mass is 19.1. The number of rotatable bonds is 6. The zero-order valence-electron chi connectivity index (χ0n) is 12.6. The van der Waals surface area contributed by atoms with E-state index in [9.17, 15) is 4.39 Å². The van der Waals surface area contributed by atoms with Crippen LogP contribution in [0.4, 0.5) is 4.39 Å². The molecule has 0 heterocycles. The molecule has 0 bridgehead atoms. The van der Waals surface area contributed by atoms with E-state index >= 15 is 0 Å². The van der Waals surface area contributed by atoms with Gasteiger partial charge in [-0.3, -0.25) is 11.3 Å². The van der Waals surface area contributed by atoms with Gasteiger partial charge in [-0.15, -0.1) is 0 Å². The number of benzene rings is 2. The number of nitrogens with two attached hydrogens (primary N) is 1. The van der Waals surface area contributed by atoms with Crippen LogP contribution in [-0.2, 0) is 0 Å². The predicted molar refractivity (Wildman–Crippen MR) is 85.1 cm³/mol. The van der Waals surface area contributed by atoms with Gasteiger partial charge in [0.25, 0.3) is 0 Å². The van der Waals surface area contributed by atoms with Gasteiger partial charge >= 0.3 is 0 Å². The van der Waals surface area contributed by atoms with Crippen LogP contribution in [0.3, 0.4) is 0 Å². The van der Waals surface area contributed by atoms with Gasteiger partial charge in [0.15, 0.2) is 0 Å². The Morgan fingerprint density at radius 3 is 2.29 bits per heavy atom.